The fourth-order valence-electron chi connectivity index (χ4n) is 2.21. The molecule has 1 aromatic heterocycles. The molecule has 8 nitrogen and oxygen atoms in total. The number of aromatic nitrogens is 2. The monoisotopic (exact) mass is 334 g/mol. The number of nitrogens with zero attached hydrogens (tertiary/aromatic N) is 2. The summed E-state index contributed by atoms with van der Waals surface area (Å²) >= 11 is 0. The van der Waals surface area contributed by atoms with Gasteiger partial charge in [-0.3, -0.25) is 4.79 Å². The van der Waals surface area contributed by atoms with Gasteiger partial charge in [-0.2, -0.15) is 9.78 Å². The van der Waals surface area contributed by atoms with Crippen molar-refractivity contribution in [3.8, 4) is 22.8 Å². The van der Waals surface area contributed by atoms with Crippen molar-refractivity contribution in [2.45, 2.75) is 12.8 Å². The first kappa shape index (κ1) is 17.3. The number of benzene rings is 1. The third kappa shape index (κ3) is 3.65. The third-order valence-electron chi connectivity index (χ3n) is 3.40. The lowest BCUT2D eigenvalue weighted by Gasteiger charge is -2.08. The lowest BCUT2D eigenvalue weighted by molar-refractivity contribution is -0.137. The molecule has 1 aromatic carbocycles. The largest absolute Gasteiger partial charge is 0.493 e. The van der Waals surface area contributed by atoms with E-state index in [0.29, 0.717) is 28.5 Å². The molecule has 0 unspecified atom stereocenters. The van der Waals surface area contributed by atoms with Crippen LogP contribution in [0.3, 0.4) is 0 Å². The van der Waals surface area contributed by atoms with Crippen LogP contribution in [0.15, 0.2) is 24.3 Å². The van der Waals surface area contributed by atoms with E-state index in [9.17, 15) is 9.59 Å². The molecule has 1 heterocycles. The fraction of sp³-hybridized carbons (Fsp3) is 0.312. The molecule has 0 aliphatic rings. The summed E-state index contributed by atoms with van der Waals surface area (Å²) in [7, 11) is 4.29. The molecule has 128 valence electrons. The van der Waals surface area contributed by atoms with Gasteiger partial charge in [0, 0.05) is 12.0 Å². The molecular formula is C16H18N2O6. The second-order valence-corrected chi connectivity index (χ2v) is 4.87. The average Bonchev–Trinajstić information content (AvgIpc) is 3.02. The van der Waals surface area contributed by atoms with Crippen LogP contribution in [-0.4, -0.2) is 48.3 Å². The van der Waals surface area contributed by atoms with Gasteiger partial charge < -0.3 is 19.3 Å². The summed E-state index contributed by atoms with van der Waals surface area (Å²) in [6.07, 6.45) is -0.638. The number of carbonyl (C=O) groups excluding carboxylic acids is 1. The van der Waals surface area contributed by atoms with Gasteiger partial charge in [0.2, 0.25) is 0 Å². The highest BCUT2D eigenvalue weighted by Crippen LogP contribution is 2.32. The average molecular weight is 334 g/mol. The number of methoxy groups -OCH3 is 3. The minimum Gasteiger partial charge on any atom is -0.493 e. The maximum absolute atomic E-state index is 11.8. The van der Waals surface area contributed by atoms with Crippen LogP contribution in [-0.2, 0) is 16.0 Å². The molecule has 8 heteroatoms. The van der Waals surface area contributed by atoms with E-state index in [0.717, 1.165) is 4.68 Å². The Morgan fingerprint density at radius 2 is 1.83 bits per heavy atom. The molecule has 2 aromatic rings. The Hall–Kier alpha value is -3.03. The van der Waals surface area contributed by atoms with Gasteiger partial charge in [-0.15, -0.1) is 0 Å². The highest BCUT2D eigenvalue weighted by Gasteiger charge is 2.17. The first-order valence-corrected chi connectivity index (χ1v) is 7.11. The molecule has 1 N–H and O–H groups in total. The van der Waals surface area contributed by atoms with Crippen LogP contribution in [0.2, 0.25) is 0 Å². The Labute approximate surface area is 138 Å². The zero-order valence-electron chi connectivity index (χ0n) is 13.6. The SMILES string of the molecule is COC(=O)n1nc(-c2ccc(OC)c(OC)c2)cc1CCC(=O)O. The minimum absolute atomic E-state index is 0.117. The van der Waals surface area contributed by atoms with Crippen LogP contribution in [0.25, 0.3) is 11.3 Å². The molecule has 0 spiro atoms. The van der Waals surface area contributed by atoms with E-state index in [4.69, 9.17) is 14.6 Å². The highest BCUT2D eigenvalue weighted by molar-refractivity contribution is 5.73. The summed E-state index contributed by atoms with van der Waals surface area (Å²) in [4.78, 5) is 22.6. The number of aliphatic carboxylic acids is 1. The number of hydrogen-bond acceptors (Lipinski definition) is 6. The van der Waals surface area contributed by atoms with E-state index < -0.39 is 12.1 Å². The van der Waals surface area contributed by atoms with Gasteiger partial charge in [0.25, 0.3) is 0 Å². The number of carboxylic acids is 1. The number of aryl methyl sites for hydroxylation is 1. The molecule has 0 bridgehead atoms. The van der Waals surface area contributed by atoms with Gasteiger partial charge in [-0.25, -0.2) is 4.79 Å². The molecular weight excluding hydrogens is 316 g/mol. The number of rotatable bonds is 6. The van der Waals surface area contributed by atoms with E-state index in [1.165, 1.54) is 21.3 Å². The van der Waals surface area contributed by atoms with Crippen molar-refractivity contribution in [1.29, 1.82) is 0 Å². The van der Waals surface area contributed by atoms with Gasteiger partial charge >= 0.3 is 12.1 Å². The van der Waals surface area contributed by atoms with Crippen LogP contribution >= 0.6 is 0 Å². The number of ether oxygens (including phenoxy) is 3. The topological polar surface area (TPSA) is 99.9 Å². The Bertz CT molecular complexity index is 753. The molecule has 0 aliphatic carbocycles. The normalized spacial score (nSPS) is 10.3. The molecule has 0 radical (unpaired) electrons. The minimum atomic E-state index is -0.958. The van der Waals surface area contributed by atoms with Gasteiger partial charge in [-0.1, -0.05) is 0 Å². The fourth-order valence-corrected chi connectivity index (χ4v) is 2.21. The van der Waals surface area contributed by atoms with Crippen molar-refractivity contribution < 1.29 is 28.9 Å². The van der Waals surface area contributed by atoms with Crippen molar-refractivity contribution in [2.24, 2.45) is 0 Å². The summed E-state index contributed by atoms with van der Waals surface area (Å²) < 4.78 is 16.2. The maximum atomic E-state index is 11.8. The van der Waals surface area contributed by atoms with Gasteiger partial charge in [0.15, 0.2) is 11.5 Å². The molecule has 0 atom stereocenters. The summed E-state index contributed by atoms with van der Waals surface area (Å²) in [5.41, 5.74) is 1.66. The Morgan fingerprint density at radius 3 is 2.42 bits per heavy atom. The van der Waals surface area contributed by atoms with Crippen molar-refractivity contribution in [2.75, 3.05) is 21.3 Å². The lowest BCUT2D eigenvalue weighted by Crippen LogP contribution is -2.16. The first-order valence-electron chi connectivity index (χ1n) is 7.11. The molecule has 0 aliphatic heterocycles. The Kier molecular flexibility index (Phi) is 5.41. The van der Waals surface area contributed by atoms with Crippen LogP contribution in [0.5, 0.6) is 11.5 Å². The molecule has 0 saturated carbocycles. The summed E-state index contributed by atoms with van der Waals surface area (Å²) in [6, 6.07) is 6.87. The van der Waals surface area contributed by atoms with Gasteiger partial charge in [-0.05, 0) is 24.3 Å². The predicted octanol–water partition coefficient (Wildman–Crippen LogP) is 2.20. The standard InChI is InChI=1S/C16H18N2O6/c1-22-13-6-4-10(8-14(13)23-2)12-9-11(5-7-15(19)20)18(17-12)16(21)24-3/h4,6,8-9H,5,7H2,1-3H3,(H,19,20). The van der Waals surface area contributed by atoms with Crippen LogP contribution in [0.4, 0.5) is 4.79 Å². The summed E-state index contributed by atoms with van der Waals surface area (Å²) in [5.74, 6) is 0.134. The number of carbonyl (C=O) groups is 2. The summed E-state index contributed by atoms with van der Waals surface area (Å²) in [6.45, 7) is 0. The molecule has 2 rings (SSSR count). The quantitative estimate of drug-likeness (QED) is 0.864. The van der Waals surface area contributed by atoms with Crippen molar-refractivity contribution >= 4 is 12.1 Å². The molecule has 0 amide bonds. The van der Waals surface area contributed by atoms with E-state index in [-0.39, 0.29) is 12.8 Å². The van der Waals surface area contributed by atoms with Crippen LogP contribution in [0.1, 0.15) is 12.1 Å². The van der Waals surface area contributed by atoms with E-state index in [2.05, 4.69) is 9.84 Å². The molecule has 0 saturated heterocycles. The number of carboxylic acid groups (broad SMARTS) is 1. The van der Waals surface area contributed by atoms with Crippen molar-refractivity contribution in [3.63, 3.8) is 0 Å². The number of hydrogen-bond donors (Lipinski definition) is 1. The highest BCUT2D eigenvalue weighted by atomic mass is 16.5. The molecule has 24 heavy (non-hydrogen) atoms. The summed E-state index contributed by atoms with van der Waals surface area (Å²) in [5, 5.41) is 13.0. The third-order valence-corrected chi connectivity index (χ3v) is 3.40. The Balaban J connectivity index is 2.43. The van der Waals surface area contributed by atoms with E-state index >= 15 is 0 Å². The Morgan fingerprint density at radius 1 is 1.12 bits per heavy atom. The van der Waals surface area contributed by atoms with Gasteiger partial charge in [0.05, 0.1) is 39.1 Å². The second-order valence-electron chi connectivity index (χ2n) is 4.87. The van der Waals surface area contributed by atoms with Gasteiger partial charge in [0.1, 0.15) is 0 Å². The van der Waals surface area contributed by atoms with Crippen molar-refractivity contribution in [3.05, 3.63) is 30.0 Å². The van der Waals surface area contributed by atoms with E-state index in [1.807, 2.05) is 0 Å². The predicted molar refractivity (Wildman–Crippen MR) is 84.5 cm³/mol. The van der Waals surface area contributed by atoms with Crippen LogP contribution in [0, 0.1) is 0 Å². The molecule has 0 fully saturated rings. The zero-order chi connectivity index (χ0) is 17.7. The second kappa shape index (κ2) is 7.49. The van der Waals surface area contributed by atoms with E-state index in [1.54, 1.807) is 24.3 Å². The van der Waals surface area contributed by atoms with Crippen molar-refractivity contribution in [1.82, 2.24) is 9.78 Å². The smallest absolute Gasteiger partial charge is 0.434 e. The van der Waals surface area contributed by atoms with Crippen LogP contribution < -0.4 is 9.47 Å². The maximum Gasteiger partial charge on any atom is 0.434 e. The lowest BCUT2D eigenvalue weighted by atomic mass is 10.1. The first-order chi connectivity index (χ1) is 11.5. The zero-order valence-corrected chi connectivity index (χ0v) is 13.6.